The topological polar surface area (TPSA) is 14.7 Å². The Kier molecular flexibility index (Phi) is 9.66. The van der Waals surface area contributed by atoms with Gasteiger partial charge in [0.25, 0.3) is 0 Å². The standard InChI is InChI=1S/C60H42N4S/c1-7-19-43(20-8-1)61(44-21-9-2-10-22-44)49-31-35-57-53(39-49)54-40-50(32-36-58(54)64(57)48-29-17-6-18-30-48)63(47-27-15-5-16-28-47)52-34-38-60-56(42-52)55-41-51(33-37-59(55)65-60)62(45-23-11-3-12-24-45)46-25-13-4-14-26-46/h1-42H. The zero-order valence-electron chi connectivity index (χ0n) is 35.4. The summed E-state index contributed by atoms with van der Waals surface area (Å²) in [5.41, 5.74) is 13.4. The molecule has 0 N–H and O–H groups in total. The third-order valence-corrected chi connectivity index (χ3v) is 13.4. The van der Waals surface area contributed by atoms with E-state index in [1.54, 1.807) is 0 Å². The summed E-state index contributed by atoms with van der Waals surface area (Å²) in [4.78, 5) is 7.09. The summed E-state index contributed by atoms with van der Waals surface area (Å²) in [7, 11) is 0. The summed E-state index contributed by atoms with van der Waals surface area (Å²) in [5.74, 6) is 0. The second-order valence-electron chi connectivity index (χ2n) is 16.2. The van der Waals surface area contributed by atoms with Crippen LogP contribution in [0.15, 0.2) is 255 Å². The number of benzene rings is 10. The molecule has 0 bridgehead atoms. The quantitative estimate of drug-likeness (QED) is 0.136. The highest BCUT2D eigenvalue weighted by Gasteiger charge is 2.21. The van der Waals surface area contributed by atoms with Gasteiger partial charge in [-0.2, -0.15) is 0 Å². The average Bonchev–Trinajstić information content (AvgIpc) is 3.91. The summed E-state index contributed by atoms with van der Waals surface area (Å²) in [6.45, 7) is 0. The molecule has 65 heavy (non-hydrogen) atoms. The molecule has 0 fully saturated rings. The maximum atomic E-state index is 2.41. The molecule has 0 amide bonds. The molecule has 0 saturated heterocycles. The van der Waals surface area contributed by atoms with E-state index in [1.165, 1.54) is 30.9 Å². The molecule has 0 aliphatic rings. The van der Waals surface area contributed by atoms with Crippen LogP contribution in [0.3, 0.4) is 0 Å². The third kappa shape index (κ3) is 6.96. The van der Waals surface area contributed by atoms with E-state index >= 15 is 0 Å². The van der Waals surface area contributed by atoms with Gasteiger partial charge in [0.1, 0.15) is 0 Å². The van der Waals surface area contributed by atoms with Crippen LogP contribution in [-0.4, -0.2) is 4.57 Å². The molecule has 0 radical (unpaired) electrons. The van der Waals surface area contributed by atoms with E-state index in [2.05, 4.69) is 274 Å². The van der Waals surface area contributed by atoms with E-state index in [0.717, 1.165) is 67.9 Å². The van der Waals surface area contributed by atoms with Crippen molar-refractivity contribution in [2.75, 3.05) is 14.7 Å². The van der Waals surface area contributed by atoms with Crippen LogP contribution in [-0.2, 0) is 0 Å². The van der Waals surface area contributed by atoms with Gasteiger partial charge in [0.05, 0.1) is 11.0 Å². The molecule has 2 aromatic heterocycles. The Morgan fingerprint density at radius 1 is 0.246 bits per heavy atom. The van der Waals surface area contributed by atoms with Crippen LogP contribution in [0.4, 0.5) is 51.2 Å². The molecule has 12 rings (SSSR count). The van der Waals surface area contributed by atoms with E-state index in [0.29, 0.717) is 0 Å². The minimum absolute atomic E-state index is 1.09. The van der Waals surface area contributed by atoms with Crippen LogP contribution < -0.4 is 14.7 Å². The number of para-hydroxylation sites is 6. The Balaban J connectivity index is 1.04. The molecule has 4 nitrogen and oxygen atoms in total. The van der Waals surface area contributed by atoms with Crippen LogP contribution in [0.25, 0.3) is 47.7 Å². The normalized spacial score (nSPS) is 11.4. The highest BCUT2D eigenvalue weighted by atomic mass is 32.1. The SMILES string of the molecule is c1ccc(N(c2ccccc2)c2ccc3sc4ccc(N(c5ccccc5)c5ccc6c(c5)c5cc(N(c7ccccc7)c7ccccc7)ccc5n6-c5ccccc5)cc4c3c2)cc1. The van der Waals surface area contributed by atoms with Crippen molar-refractivity contribution in [2.45, 2.75) is 0 Å². The molecule has 0 unspecified atom stereocenters. The number of hydrogen-bond donors (Lipinski definition) is 0. The molecule has 0 atom stereocenters. The Morgan fingerprint density at radius 3 is 0.862 bits per heavy atom. The van der Waals surface area contributed by atoms with Gasteiger partial charge in [-0.1, -0.05) is 109 Å². The predicted octanol–water partition coefficient (Wildman–Crippen LogP) is 17.6. The number of aromatic nitrogens is 1. The van der Waals surface area contributed by atoms with Gasteiger partial charge in [-0.3, -0.25) is 0 Å². The van der Waals surface area contributed by atoms with E-state index in [9.17, 15) is 0 Å². The minimum Gasteiger partial charge on any atom is -0.310 e. The molecule has 5 heteroatoms. The summed E-state index contributed by atoms with van der Waals surface area (Å²) in [6, 6.07) is 91.7. The van der Waals surface area contributed by atoms with Crippen molar-refractivity contribution in [1.82, 2.24) is 4.57 Å². The lowest BCUT2D eigenvalue weighted by Crippen LogP contribution is -2.10. The number of thiophene rings is 1. The summed E-state index contributed by atoms with van der Waals surface area (Å²) < 4.78 is 4.92. The first-order valence-electron chi connectivity index (χ1n) is 22.0. The van der Waals surface area contributed by atoms with Crippen LogP contribution in [0.1, 0.15) is 0 Å². The number of rotatable bonds is 10. The summed E-state index contributed by atoms with van der Waals surface area (Å²) in [6.07, 6.45) is 0. The fraction of sp³-hybridized carbons (Fsp3) is 0. The Labute approximate surface area is 382 Å². The van der Waals surface area contributed by atoms with Gasteiger partial charge in [-0.15, -0.1) is 11.3 Å². The number of fused-ring (bicyclic) bond motifs is 6. The first-order chi connectivity index (χ1) is 32.2. The molecule has 12 aromatic rings. The van der Waals surface area contributed by atoms with Crippen molar-refractivity contribution in [3.63, 3.8) is 0 Å². The van der Waals surface area contributed by atoms with Crippen LogP contribution in [0, 0.1) is 0 Å². The lowest BCUT2D eigenvalue weighted by molar-refractivity contribution is 1.18. The fourth-order valence-electron chi connectivity index (χ4n) is 9.39. The molecular formula is C60H42N4S. The zero-order valence-corrected chi connectivity index (χ0v) is 36.3. The van der Waals surface area contributed by atoms with Gasteiger partial charge in [0.2, 0.25) is 0 Å². The molecular weight excluding hydrogens is 809 g/mol. The Bertz CT molecular complexity index is 3510. The van der Waals surface area contributed by atoms with Crippen molar-refractivity contribution >= 4 is 105 Å². The van der Waals surface area contributed by atoms with Gasteiger partial charge in [-0.05, 0) is 146 Å². The van der Waals surface area contributed by atoms with E-state index in [1.807, 2.05) is 11.3 Å². The summed E-state index contributed by atoms with van der Waals surface area (Å²) in [5, 5.41) is 4.84. The molecule has 0 spiro atoms. The molecule has 0 saturated carbocycles. The molecule has 0 aliphatic carbocycles. The summed E-state index contributed by atoms with van der Waals surface area (Å²) >= 11 is 1.85. The molecule has 2 heterocycles. The van der Waals surface area contributed by atoms with Gasteiger partial charge in [-0.25, -0.2) is 0 Å². The maximum absolute atomic E-state index is 2.41. The van der Waals surface area contributed by atoms with Crippen LogP contribution >= 0.6 is 11.3 Å². The van der Waals surface area contributed by atoms with Gasteiger partial charge < -0.3 is 19.3 Å². The van der Waals surface area contributed by atoms with E-state index in [4.69, 9.17) is 0 Å². The van der Waals surface area contributed by atoms with Crippen molar-refractivity contribution < 1.29 is 0 Å². The molecule has 10 aromatic carbocycles. The van der Waals surface area contributed by atoms with Crippen molar-refractivity contribution in [2.24, 2.45) is 0 Å². The lowest BCUT2D eigenvalue weighted by Gasteiger charge is -2.26. The number of nitrogens with zero attached hydrogens (tertiary/aromatic N) is 4. The van der Waals surface area contributed by atoms with Crippen LogP contribution in [0.2, 0.25) is 0 Å². The molecule has 0 aliphatic heterocycles. The van der Waals surface area contributed by atoms with E-state index in [-0.39, 0.29) is 0 Å². The first-order valence-corrected chi connectivity index (χ1v) is 22.8. The third-order valence-electron chi connectivity index (χ3n) is 12.3. The molecule has 308 valence electrons. The minimum atomic E-state index is 1.09. The van der Waals surface area contributed by atoms with Crippen molar-refractivity contribution in [3.05, 3.63) is 255 Å². The monoisotopic (exact) mass is 850 g/mol. The number of hydrogen-bond acceptors (Lipinski definition) is 4. The highest BCUT2D eigenvalue weighted by Crippen LogP contribution is 2.46. The maximum Gasteiger partial charge on any atom is 0.0542 e. The Morgan fingerprint density at radius 2 is 0.523 bits per heavy atom. The Hall–Kier alpha value is -8.38. The largest absolute Gasteiger partial charge is 0.310 e. The van der Waals surface area contributed by atoms with E-state index < -0.39 is 0 Å². The van der Waals surface area contributed by atoms with Crippen molar-refractivity contribution in [3.8, 4) is 5.69 Å². The van der Waals surface area contributed by atoms with Gasteiger partial charge >= 0.3 is 0 Å². The van der Waals surface area contributed by atoms with Crippen LogP contribution in [0.5, 0.6) is 0 Å². The number of anilines is 9. The smallest absolute Gasteiger partial charge is 0.0542 e. The van der Waals surface area contributed by atoms with Crippen molar-refractivity contribution in [1.29, 1.82) is 0 Å². The second-order valence-corrected chi connectivity index (χ2v) is 17.3. The first kappa shape index (κ1) is 38.3. The highest BCUT2D eigenvalue weighted by molar-refractivity contribution is 7.25. The lowest BCUT2D eigenvalue weighted by atomic mass is 10.1. The van der Waals surface area contributed by atoms with Gasteiger partial charge in [0, 0.05) is 87.8 Å². The van der Waals surface area contributed by atoms with Gasteiger partial charge in [0.15, 0.2) is 0 Å². The zero-order chi connectivity index (χ0) is 43.1. The fourth-order valence-corrected chi connectivity index (χ4v) is 10.5. The average molecular weight is 851 g/mol. The predicted molar refractivity (Wildman–Crippen MR) is 278 cm³/mol. The second kappa shape index (κ2) is 16.4.